The van der Waals surface area contributed by atoms with E-state index in [0.717, 1.165) is 17.2 Å². The molecule has 1 N–H and O–H groups in total. The van der Waals surface area contributed by atoms with Crippen molar-refractivity contribution < 1.29 is 18.1 Å². The van der Waals surface area contributed by atoms with E-state index >= 15 is 0 Å². The highest BCUT2D eigenvalue weighted by molar-refractivity contribution is 6.07. The Bertz CT molecular complexity index is 1150. The standard InChI is InChI=1S/C21H14F2N2O2/c1-12-2-4-13(5-3-12)20-16-10-14(6-8-18(16)25-27-20)21(26)24-19-9-7-15(22)11-17(19)23/h2-11H,1H3,(H,24,26). The number of aromatic nitrogens is 1. The second-order valence-electron chi connectivity index (χ2n) is 6.19. The second kappa shape index (κ2) is 6.64. The summed E-state index contributed by atoms with van der Waals surface area (Å²) in [5, 5.41) is 7.14. The molecule has 3 aromatic carbocycles. The molecular formula is C21H14F2N2O2. The van der Waals surface area contributed by atoms with Crippen LogP contribution in [0.25, 0.3) is 22.2 Å². The first kappa shape index (κ1) is 16.9. The SMILES string of the molecule is Cc1ccc(-c2onc3ccc(C(=O)Nc4ccc(F)cc4F)cc23)cc1. The lowest BCUT2D eigenvalue weighted by Crippen LogP contribution is -2.13. The van der Waals surface area contributed by atoms with Gasteiger partial charge in [-0.25, -0.2) is 8.78 Å². The number of halogens is 2. The number of nitrogens with one attached hydrogen (secondary N) is 1. The number of aryl methyl sites for hydroxylation is 1. The summed E-state index contributed by atoms with van der Waals surface area (Å²) in [6, 6.07) is 15.6. The summed E-state index contributed by atoms with van der Waals surface area (Å²) in [5.41, 5.74) is 2.78. The molecule has 0 bridgehead atoms. The van der Waals surface area contributed by atoms with Crippen LogP contribution in [0, 0.1) is 18.6 Å². The zero-order valence-corrected chi connectivity index (χ0v) is 14.3. The van der Waals surface area contributed by atoms with Gasteiger partial charge < -0.3 is 9.84 Å². The topological polar surface area (TPSA) is 55.1 Å². The number of carbonyl (C=O) groups is 1. The van der Waals surface area contributed by atoms with E-state index in [1.54, 1.807) is 18.2 Å². The van der Waals surface area contributed by atoms with E-state index in [4.69, 9.17) is 4.52 Å². The van der Waals surface area contributed by atoms with Gasteiger partial charge >= 0.3 is 0 Å². The quantitative estimate of drug-likeness (QED) is 0.534. The zero-order valence-electron chi connectivity index (χ0n) is 14.3. The van der Waals surface area contributed by atoms with Crippen molar-refractivity contribution in [2.45, 2.75) is 6.92 Å². The molecule has 0 aliphatic rings. The van der Waals surface area contributed by atoms with Crippen LogP contribution < -0.4 is 5.32 Å². The van der Waals surface area contributed by atoms with Gasteiger partial charge in [-0.05, 0) is 37.3 Å². The minimum atomic E-state index is -0.838. The molecular weight excluding hydrogens is 350 g/mol. The number of amides is 1. The fraction of sp³-hybridized carbons (Fsp3) is 0.0476. The van der Waals surface area contributed by atoms with Gasteiger partial charge in [-0.3, -0.25) is 4.79 Å². The minimum absolute atomic E-state index is 0.0921. The zero-order chi connectivity index (χ0) is 19.0. The van der Waals surface area contributed by atoms with E-state index in [2.05, 4.69) is 10.5 Å². The summed E-state index contributed by atoms with van der Waals surface area (Å²) in [6.45, 7) is 1.99. The van der Waals surface area contributed by atoms with Crippen LogP contribution in [-0.4, -0.2) is 11.1 Å². The number of rotatable bonds is 3. The van der Waals surface area contributed by atoms with Crippen molar-refractivity contribution in [2.24, 2.45) is 0 Å². The number of carbonyl (C=O) groups excluding carboxylic acids is 1. The molecule has 0 spiro atoms. The first-order valence-corrected chi connectivity index (χ1v) is 8.24. The highest BCUT2D eigenvalue weighted by atomic mass is 19.1. The molecule has 0 saturated carbocycles. The first-order valence-electron chi connectivity index (χ1n) is 8.24. The Hall–Kier alpha value is -3.54. The van der Waals surface area contributed by atoms with E-state index in [1.807, 2.05) is 31.2 Å². The second-order valence-corrected chi connectivity index (χ2v) is 6.19. The lowest BCUT2D eigenvalue weighted by molar-refractivity contribution is 0.102. The van der Waals surface area contributed by atoms with Gasteiger partial charge in [0.2, 0.25) is 0 Å². The Kier molecular flexibility index (Phi) is 4.16. The third kappa shape index (κ3) is 3.29. The van der Waals surface area contributed by atoms with Crippen molar-refractivity contribution in [1.29, 1.82) is 0 Å². The number of hydrogen-bond donors (Lipinski definition) is 1. The molecule has 134 valence electrons. The number of anilines is 1. The molecule has 4 aromatic rings. The molecule has 4 rings (SSSR count). The van der Waals surface area contributed by atoms with Crippen LogP contribution in [0.5, 0.6) is 0 Å². The van der Waals surface area contributed by atoms with Crippen LogP contribution >= 0.6 is 0 Å². The van der Waals surface area contributed by atoms with Crippen LogP contribution in [-0.2, 0) is 0 Å². The average Bonchev–Trinajstić information content (AvgIpc) is 3.08. The third-order valence-electron chi connectivity index (χ3n) is 4.23. The molecule has 0 aliphatic heterocycles. The Labute approximate surface area is 153 Å². The maximum absolute atomic E-state index is 13.8. The lowest BCUT2D eigenvalue weighted by atomic mass is 10.0. The van der Waals surface area contributed by atoms with Crippen molar-refractivity contribution >= 4 is 22.5 Å². The van der Waals surface area contributed by atoms with Crippen LogP contribution in [0.4, 0.5) is 14.5 Å². The molecule has 0 radical (unpaired) electrons. The van der Waals surface area contributed by atoms with Gasteiger partial charge in [0.1, 0.15) is 17.2 Å². The van der Waals surface area contributed by atoms with Crippen molar-refractivity contribution in [1.82, 2.24) is 5.16 Å². The molecule has 0 aliphatic carbocycles. The van der Waals surface area contributed by atoms with Gasteiger partial charge in [0.25, 0.3) is 5.91 Å². The Morgan fingerprint density at radius 2 is 1.78 bits per heavy atom. The maximum Gasteiger partial charge on any atom is 0.255 e. The van der Waals surface area contributed by atoms with E-state index < -0.39 is 17.5 Å². The van der Waals surface area contributed by atoms with Gasteiger partial charge in [-0.2, -0.15) is 0 Å². The first-order chi connectivity index (χ1) is 13.0. The lowest BCUT2D eigenvalue weighted by Gasteiger charge is -2.06. The van der Waals surface area contributed by atoms with E-state index in [0.29, 0.717) is 28.3 Å². The Balaban J connectivity index is 1.69. The number of fused-ring (bicyclic) bond motifs is 1. The van der Waals surface area contributed by atoms with Crippen molar-refractivity contribution in [3.8, 4) is 11.3 Å². The highest BCUT2D eigenvalue weighted by Crippen LogP contribution is 2.30. The Morgan fingerprint density at radius 1 is 1.00 bits per heavy atom. The predicted octanol–water partition coefficient (Wildman–Crippen LogP) is 5.33. The van der Waals surface area contributed by atoms with Gasteiger partial charge in [-0.1, -0.05) is 35.0 Å². The van der Waals surface area contributed by atoms with Crippen molar-refractivity contribution in [2.75, 3.05) is 5.32 Å². The largest absolute Gasteiger partial charge is 0.355 e. The van der Waals surface area contributed by atoms with E-state index in [-0.39, 0.29) is 5.69 Å². The summed E-state index contributed by atoms with van der Waals surface area (Å²) >= 11 is 0. The fourth-order valence-corrected chi connectivity index (χ4v) is 2.78. The normalized spacial score (nSPS) is 10.9. The van der Waals surface area contributed by atoms with Gasteiger partial charge in [0.15, 0.2) is 5.76 Å². The van der Waals surface area contributed by atoms with Gasteiger partial charge in [0.05, 0.1) is 11.1 Å². The van der Waals surface area contributed by atoms with Crippen molar-refractivity contribution in [3.63, 3.8) is 0 Å². The number of hydrogen-bond acceptors (Lipinski definition) is 3. The average molecular weight is 364 g/mol. The van der Waals surface area contributed by atoms with E-state index in [1.165, 1.54) is 6.07 Å². The summed E-state index contributed by atoms with van der Waals surface area (Å²) in [6.07, 6.45) is 0. The van der Waals surface area contributed by atoms with Crippen LogP contribution in [0.15, 0.2) is 65.2 Å². The molecule has 0 fully saturated rings. The molecule has 6 heteroatoms. The highest BCUT2D eigenvalue weighted by Gasteiger charge is 2.15. The summed E-state index contributed by atoms with van der Waals surface area (Å²) in [4.78, 5) is 12.5. The predicted molar refractivity (Wildman–Crippen MR) is 98.5 cm³/mol. The fourth-order valence-electron chi connectivity index (χ4n) is 2.78. The minimum Gasteiger partial charge on any atom is -0.355 e. The molecule has 0 atom stereocenters. The number of nitrogens with zero attached hydrogens (tertiary/aromatic N) is 1. The summed E-state index contributed by atoms with van der Waals surface area (Å²) in [7, 11) is 0. The Morgan fingerprint density at radius 3 is 2.52 bits per heavy atom. The third-order valence-corrected chi connectivity index (χ3v) is 4.23. The molecule has 0 saturated heterocycles. The van der Waals surface area contributed by atoms with Crippen LogP contribution in [0.2, 0.25) is 0 Å². The molecule has 1 heterocycles. The summed E-state index contributed by atoms with van der Waals surface area (Å²) in [5.74, 6) is -1.51. The van der Waals surface area contributed by atoms with Crippen LogP contribution in [0.1, 0.15) is 15.9 Å². The molecule has 0 unspecified atom stereocenters. The van der Waals surface area contributed by atoms with Crippen molar-refractivity contribution in [3.05, 3.63) is 83.4 Å². The van der Waals surface area contributed by atoms with Crippen LogP contribution in [0.3, 0.4) is 0 Å². The maximum atomic E-state index is 13.8. The number of benzene rings is 3. The summed E-state index contributed by atoms with van der Waals surface area (Å²) < 4.78 is 32.2. The smallest absolute Gasteiger partial charge is 0.255 e. The van der Waals surface area contributed by atoms with Gasteiger partial charge in [0, 0.05) is 17.2 Å². The molecule has 4 nitrogen and oxygen atoms in total. The van der Waals surface area contributed by atoms with E-state index in [9.17, 15) is 13.6 Å². The molecule has 27 heavy (non-hydrogen) atoms. The molecule has 1 amide bonds. The molecule has 1 aromatic heterocycles. The van der Waals surface area contributed by atoms with Gasteiger partial charge in [-0.15, -0.1) is 0 Å². The monoisotopic (exact) mass is 364 g/mol.